The maximum absolute atomic E-state index is 12.6. The van der Waals surface area contributed by atoms with Crippen LogP contribution in [0, 0.1) is 0 Å². The van der Waals surface area contributed by atoms with E-state index in [0.717, 1.165) is 29.2 Å². The number of Topliss-reactive ketones (excluding diaryl/α,β-unsaturated/α-hetero) is 1. The molecule has 3 aromatic rings. The molecule has 1 N–H and O–H groups in total. The van der Waals surface area contributed by atoms with Crippen LogP contribution in [-0.2, 0) is 0 Å². The second-order valence-corrected chi connectivity index (χ2v) is 6.88. The van der Waals surface area contributed by atoms with E-state index in [0.29, 0.717) is 23.3 Å². The van der Waals surface area contributed by atoms with Crippen molar-refractivity contribution in [2.24, 2.45) is 0 Å². The van der Waals surface area contributed by atoms with Gasteiger partial charge in [0.05, 0.1) is 12.0 Å². The van der Waals surface area contributed by atoms with Crippen LogP contribution in [0.5, 0.6) is 5.75 Å². The Hall–Kier alpha value is -2.18. The number of rotatable bonds is 7. The number of nitrogens with one attached hydrogen (secondary N) is 1. The smallest absolute Gasteiger partial charge is 0.165 e. The van der Waals surface area contributed by atoms with Crippen molar-refractivity contribution in [1.29, 1.82) is 0 Å². The minimum Gasteiger partial charge on any atom is -0.494 e. The van der Waals surface area contributed by atoms with Gasteiger partial charge in [-0.25, -0.2) is 4.98 Å². The third-order valence-electron chi connectivity index (χ3n) is 3.89. The number of aromatic nitrogens is 2. The normalized spacial score (nSPS) is 11.3. The van der Waals surface area contributed by atoms with Gasteiger partial charge in [-0.15, -0.1) is 11.3 Å². The molecule has 0 amide bonds. The standard InChI is InChI=1S/C18H21N3O2S/c1-21(2)10-4-6-13(22)12-8-9-14(23-3)17-16(12)19-18(20-17)15-7-5-11-24-15/h5,7-9,11H,4,6,10H2,1-3H3,(H,19,20). The zero-order valence-corrected chi connectivity index (χ0v) is 14.9. The van der Waals surface area contributed by atoms with Gasteiger partial charge in [0.2, 0.25) is 0 Å². The van der Waals surface area contributed by atoms with Crippen molar-refractivity contribution in [3.05, 3.63) is 35.2 Å². The minimum atomic E-state index is 0.119. The number of methoxy groups -OCH3 is 1. The Labute approximate surface area is 145 Å². The maximum atomic E-state index is 12.6. The highest BCUT2D eigenvalue weighted by atomic mass is 32.1. The van der Waals surface area contributed by atoms with Gasteiger partial charge in [0.25, 0.3) is 0 Å². The summed E-state index contributed by atoms with van der Waals surface area (Å²) in [4.78, 5) is 23.7. The average Bonchev–Trinajstić information content (AvgIpc) is 3.22. The number of thiophene rings is 1. The van der Waals surface area contributed by atoms with E-state index in [9.17, 15) is 4.79 Å². The van der Waals surface area contributed by atoms with Gasteiger partial charge in [0.1, 0.15) is 22.6 Å². The van der Waals surface area contributed by atoms with Gasteiger partial charge in [-0.2, -0.15) is 0 Å². The van der Waals surface area contributed by atoms with Gasteiger partial charge >= 0.3 is 0 Å². The predicted molar refractivity (Wildman–Crippen MR) is 98.1 cm³/mol. The number of fused-ring (bicyclic) bond motifs is 1. The van der Waals surface area contributed by atoms with Crippen molar-refractivity contribution in [3.63, 3.8) is 0 Å². The summed E-state index contributed by atoms with van der Waals surface area (Å²) in [5, 5.41) is 2.01. The Balaban J connectivity index is 1.97. The SMILES string of the molecule is COc1ccc(C(=O)CCCN(C)C)c2nc(-c3cccs3)[nH]c12. The lowest BCUT2D eigenvalue weighted by Gasteiger charge is -2.09. The fourth-order valence-corrected chi connectivity index (χ4v) is 3.35. The fraction of sp³-hybridized carbons (Fsp3) is 0.333. The molecule has 0 saturated carbocycles. The zero-order chi connectivity index (χ0) is 17.1. The second-order valence-electron chi connectivity index (χ2n) is 5.93. The van der Waals surface area contributed by atoms with E-state index in [-0.39, 0.29) is 5.78 Å². The molecule has 0 atom stereocenters. The van der Waals surface area contributed by atoms with Crippen LogP contribution in [-0.4, -0.2) is 48.4 Å². The van der Waals surface area contributed by atoms with Crippen LogP contribution in [0.3, 0.4) is 0 Å². The quantitative estimate of drug-likeness (QED) is 0.663. The van der Waals surface area contributed by atoms with Gasteiger partial charge < -0.3 is 14.6 Å². The van der Waals surface area contributed by atoms with E-state index < -0.39 is 0 Å². The highest BCUT2D eigenvalue weighted by Crippen LogP contribution is 2.31. The molecule has 0 aliphatic heterocycles. The number of hydrogen-bond acceptors (Lipinski definition) is 5. The minimum absolute atomic E-state index is 0.119. The number of carbonyl (C=O) groups excluding carboxylic acids is 1. The Bertz CT molecular complexity index is 837. The van der Waals surface area contributed by atoms with E-state index in [1.807, 2.05) is 43.7 Å². The molecule has 0 aliphatic carbocycles. The molecule has 0 radical (unpaired) electrons. The lowest BCUT2D eigenvalue weighted by molar-refractivity contribution is 0.0979. The van der Waals surface area contributed by atoms with Gasteiger partial charge in [-0.05, 0) is 50.6 Å². The van der Waals surface area contributed by atoms with Crippen LogP contribution >= 0.6 is 11.3 Å². The summed E-state index contributed by atoms with van der Waals surface area (Å²) in [5.41, 5.74) is 2.12. The van der Waals surface area contributed by atoms with Crippen molar-refractivity contribution in [2.75, 3.05) is 27.7 Å². The summed E-state index contributed by atoms with van der Waals surface area (Å²) >= 11 is 1.61. The summed E-state index contributed by atoms with van der Waals surface area (Å²) in [5.74, 6) is 1.59. The van der Waals surface area contributed by atoms with E-state index in [2.05, 4.69) is 14.9 Å². The Morgan fingerprint density at radius 3 is 2.83 bits per heavy atom. The van der Waals surface area contributed by atoms with Crippen LogP contribution in [0.15, 0.2) is 29.6 Å². The number of ketones is 1. The summed E-state index contributed by atoms with van der Waals surface area (Å²) in [6.45, 7) is 0.895. The van der Waals surface area contributed by atoms with Crippen LogP contribution in [0.4, 0.5) is 0 Å². The van der Waals surface area contributed by atoms with E-state index in [4.69, 9.17) is 4.74 Å². The molecule has 0 aliphatic rings. The first-order chi connectivity index (χ1) is 11.6. The van der Waals surface area contributed by atoms with Gasteiger partial charge in [-0.1, -0.05) is 6.07 Å². The van der Waals surface area contributed by atoms with Crippen LogP contribution < -0.4 is 4.74 Å². The van der Waals surface area contributed by atoms with Crippen LogP contribution in [0.25, 0.3) is 21.7 Å². The van der Waals surface area contributed by atoms with Crippen molar-refractivity contribution in [3.8, 4) is 16.5 Å². The molecule has 0 unspecified atom stereocenters. The van der Waals surface area contributed by atoms with E-state index in [1.165, 1.54) is 0 Å². The van der Waals surface area contributed by atoms with Gasteiger partial charge in [0, 0.05) is 12.0 Å². The highest BCUT2D eigenvalue weighted by Gasteiger charge is 2.18. The molecular formula is C18H21N3O2S. The number of nitrogens with zero attached hydrogens (tertiary/aromatic N) is 2. The van der Waals surface area contributed by atoms with Crippen LogP contribution in [0.1, 0.15) is 23.2 Å². The topological polar surface area (TPSA) is 58.2 Å². The molecule has 0 saturated heterocycles. The largest absolute Gasteiger partial charge is 0.494 e. The highest BCUT2D eigenvalue weighted by molar-refractivity contribution is 7.13. The Morgan fingerprint density at radius 1 is 1.33 bits per heavy atom. The van der Waals surface area contributed by atoms with E-state index >= 15 is 0 Å². The first-order valence-corrected chi connectivity index (χ1v) is 8.76. The van der Waals surface area contributed by atoms with E-state index in [1.54, 1.807) is 18.4 Å². The molecule has 2 aromatic heterocycles. The first-order valence-electron chi connectivity index (χ1n) is 7.88. The molecule has 3 rings (SSSR count). The monoisotopic (exact) mass is 343 g/mol. The Kier molecular flexibility index (Phi) is 4.97. The van der Waals surface area contributed by atoms with Crippen molar-refractivity contribution in [2.45, 2.75) is 12.8 Å². The number of H-pyrrole nitrogens is 1. The number of benzene rings is 1. The lowest BCUT2D eigenvalue weighted by Crippen LogP contribution is -2.14. The average molecular weight is 343 g/mol. The summed E-state index contributed by atoms with van der Waals surface area (Å²) in [6.07, 6.45) is 1.35. The van der Waals surface area contributed by atoms with Gasteiger partial charge in [0.15, 0.2) is 5.78 Å². The molecule has 5 nitrogen and oxygen atoms in total. The Morgan fingerprint density at radius 2 is 2.17 bits per heavy atom. The third-order valence-corrected chi connectivity index (χ3v) is 4.77. The molecule has 1 aromatic carbocycles. The zero-order valence-electron chi connectivity index (χ0n) is 14.1. The van der Waals surface area contributed by atoms with Crippen molar-refractivity contribution < 1.29 is 9.53 Å². The molecule has 2 heterocycles. The summed E-state index contributed by atoms with van der Waals surface area (Å²) in [6, 6.07) is 7.64. The summed E-state index contributed by atoms with van der Waals surface area (Å²) in [7, 11) is 5.65. The predicted octanol–water partition coefficient (Wildman–Crippen LogP) is 3.82. The first kappa shape index (κ1) is 16.7. The molecule has 126 valence electrons. The van der Waals surface area contributed by atoms with Crippen molar-refractivity contribution in [1.82, 2.24) is 14.9 Å². The van der Waals surface area contributed by atoms with Crippen LogP contribution in [0.2, 0.25) is 0 Å². The molecule has 0 bridgehead atoms. The summed E-state index contributed by atoms with van der Waals surface area (Å²) < 4.78 is 5.42. The number of imidazole rings is 1. The number of aromatic amines is 1. The number of carbonyl (C=O) groups is 1. The molecular weight excluding hydrogens is 322 g/mol. The fourth-order valence-electron chi connectivity index (χ4n) is 2.68. The molecule has 24 heavy (non-hydrogen) atoms. The molecule has 6 heteroatoms. The third kappa shape index (κ3) is 3.34. The molecule has 0 fully saturated rings. The van der Waals surface area contributed by atoms with Gasteiger partial charge in [-0.3, -0.25) is 4.79 Å². The number of hydrogen-bond donors (Lipinski definition) is 1. The number of ether oxygens (including phenoxy) is 1. The molecule has 0 spiro atoms. The maximum Gasteiger partial charge on any atom is 0.165 e. The second kappa shape index (κ2) is 7.15. The lowest BCUT2D eigenvalue weighted by atomic mass is 10.0. The van der Waals surface area contributed by atoms with Crippen molar-refractivity contribution >= 4 is 28.2 Å².